The molecule has 1 atom stereocenters. The molecule has 1 heterocycles. The summed E-state index contributed by atoms with van der Waals surface area (Å²) in [6.07, 6.45) is 6.74. The van der Waals surface area contributed by atoms with Crippen molar-refractivity contribution in [1.82, 2.24) is 4.90 Å². The van der Waals surface area contributed by atoms with E-state index in [2.05, 4.69) is 31.3 Å². The van der Waals surface area contributed by atoms with E-state index in [0.29, 0.717) is 19.0 Å². The van der Waals surface area contributed by atoms with Gasteiger partial charge in [0.25, 0.3) is 0 Å². The molecule has 2 amide bonds. The van der Waals surface area contributed by atoms with Crippen LogP contribution < -0.4 is 5.32 Å². The monoisotopic (exact) mass is 328 g/mol. The quantitative estimate of drug-likeness (QED) is 0.899. The molecule has 4 heteroatoms. The van der Waals surface area contributed by atoms with Crippen molar-refractivity contribution in [3.05, 3.63) is 29.3 Å². The number of nitrogens with one attached hydrogen (secondary N) is 1. The number of rotatable bonds is 5. The molecule has 1 saturated carbocycles. The number of para-hydroxylation sites is 1. The minimum Gasteiger partial charge on any atom is -0.339 e. The van der Waals surface area contributed by atoms with Crippen LogP contribution in [0.1, 0.15) is 57.1 Å². The third-order valence-electron chi connectivity index (χ3n) is 5.54. The number of nitrogens with zero attached hydrogens (tertiary/aromatic N) is 1. The Labute approximate surface area is 144 Å². The van der Waals surface area contributed by atoms with Crippen LogP contribution in [0.3, 0.4) is 0 Å². The lowest BCUT2D eigenvalue weighted by Gasteiger charge is -2.24. The lowest BCUT2D eigenvalue weighted by Crippen LogP contribution is -2.35. The number of carbonyl (C=O) groups excluding carboxylic acids is 2. The van der Waals surface area contributed by atoms with Gasteiger partial charge in [-0.05, 0) is 36.8 Å². The first-order chi connectivity index (χ1) is 11.6. The fourth-order valence-corrected chi connectivity index (χ4v) is 4.10. The molecule has 2 fully saturated rings. The number of anilines is 1. The Morgan fingerprint density at radius 3 is 2.38 bits per heavy atom. The molecule has 3 rings (SSSR count). The van der Waals surface area contributed by atoms with Crippen molar-refractivity contribution in [3.8, 4) is 0 Å². The predicted molar refractivity (Wildman–Crippen MR) is 95.9 cm³/mol. The minimum absolute atomic E-state index is 0.000512. The lowest BCUT2D eigenvalue weighted by molar-refractivity contribution is -0.129. The summed E-state index contributed by atoms with van der Waals surface area (Å²) in [5, 5.41) is 3.14. The smallest absolute Gasteiger partial charge is 0.229 e. The summed E-state index contributed by atoms with van der Waals surface area (Å²) in [5.41, 5.74) is 3.29. The molecule has 0 radical (unpaired) electrons. The van der Waals surface area contributed by atoms with E-state index in [0.717, 1.165) is 31.4 Å². The van der Waals surface area contributed by atoms with Crippen LogP contribution in [0, 0.1) is 5.92 Å². The summed E-state index contributed by atoms with van der Waals surface area (Å²) < 4.78 is 0. The Morgan fingerprint density at radius 1 is 1.17 bits per heavy atom. The van der Waals surface area contributed by atoms with Gasteiger partial charge in [-0.2, -0.15) is 0 Å². The van der Waals surface area contributed by atoms with Crippen molar-refractivity contribution in [2.45, 2.75) is 64.8 Å². The average Bonchev–Trinajstić information content (AvgIpc) is 3.24. The van der Waals surface area contributed by atoms with Gasteiger partial charge in [0.1, 0.15) is 0 Å². The number of likely N-dealkylation sites (tertiary alicyclic amines) is 1. The van der Waals surface area contributed by atoms with Crippen molar-refractivity contribution in [1.29, 1.82) is 0 Å². The van der Waals surface area contributed by atoms with Crippen molar-refractivity contribution >= 4 is 17.5 Å². The molecule has 1 aliphatic carbocycles. The second-order valence-electron chi connectivity index (χ2n) is 7.03. The maximum Gasteiger partial charge on any atom is 0.229 e. The first-order valence-electron chi connectivity index (χ1n) is 9.35. The Balaban J connectivity index is 1.71. The highest BCUT2D eigenvalue weighted by molar-refractivity contribution is 5.98. The van der Waals surface area contributed by atoms with E-state index in [4.69, 9.17) is 0 Å². The molecule has 0 spiro atoms. The van der Waals surface area contributed by atoms with Crippen LogP contribution in [-0.2, 0) is 22.4 Å². The van der Waals surface area contributed by atoms with E-state index >= 15 is 0 Å². The molecule has 0 bridgehead atoms. The molecule has 0 aromatic heterocycles. The van der Waals surface area contributed by atoms with Gasteiger partial charge in [-0.25, -0.2) is 0 Å². The summed E-state index contributed by atoms with van der Waals surface area (Å²) in [7, 11) is 0. The van der Waals surface area contributed by atoms with Crippen LogP contribution in [0.4, 0.5) is 5.69 Å². The molecule has 1 saturated heterocycles. The Bertz CT molecular complexity index is 598. The lowest BCUT2D eigenvalue weighted by atomic mass is 10.0. The third-order valence-corrected chi connectivity index (χ3v) is 5.54. The summed E-state index contributed by atoms with van der Waals surface area (Å²) in [5.74, 6) is -0.0614. The SMILES string of the molecule is CCc1cccc(CC)c1NC(=O)[C@@H]1CC(=O)N(C2CCCC2)C1. The van der Waals surface area contributed by atoms with Gasteiger partial charge < -0.3 is 10.2 Å². The van der Waals surface area contributed by atoms with E-state index in [1.54, 1.807) is 0 Å². The average molecular weight is 328 g/mol. The van der Waals surface area contributed by atoms with Gasteiger partial charge in [-0.3, -0.25) is 9.59 Å². The number of amides is 2. The highest BCUT2D eigenvalue weighted by atomic mass is 16.2. The normalized spacial score (nSPS) is 21.5. The zero-order chi connectivity index (χ0) is 17.1. The van der Waals surface area contributed by atoms with Crippen LogP contribution in [-0.4, -0.2) is 29.3 Å². The summed E-state index contributed by atoms with van der Waals surface area (Å²) in [6, 6.07) is 6.55. The molecule has 130 valence electrons. The van der Waals surface area contributed by atoms with Gasteiger partial charge in [-0.15, -0.1) is 0 Å². The van der Waals surface area contributed by atoms with Gasteiger partial charge >= 0.3 is 0 Å². The zero-order valence-corrected chi connectivity index (χ0v) is 14.8. The Morgan fingerprint density at radius 2 is 1.79 bits per heavy atom. The van der Waals surface area contributed by atoms with Gasteiger partial charge in [0, 0.05) is 24.7 Å². The van der Waals surface area contributed by atoms with Crippen molar-refractivity contribution in [2.75, 3.05) is 11.9 Å². The van der Waals surface area contributed by atoms with Crippen LogP contribution >= 0.6 is 0 Å². The van der Waals surface area contributed by atoms with Crippen LogP contribution in [0.15, 0.2) is 18.2 Å². The van der Waals surface area contributed by atoms with Crippen molar-refractivity contribution in [3.63, 3.8) is 0 Å². The molecule has 4 nitrogen and oxygen atoms in total. The van der Waals surface area contributed by atoms with E-state index in [-0.39, 0.29) is 17.7 Å². The second-order valence-corrected chi connectivity index (χ2v) is 7.03. The highest BCUT2D eigenvalue weighted by Gasteiger charge is 2.38. The maximum atomic E-state index is 12.8. The molecule has 2 aliphatic rings. The Hall–Kier alpha value is -1.84. The molecule has 1 aliphatic heterocycles. The summed E-state index contributed by atoms with van der Waals surface area (Å²) in [4.78, 5) is 27.0. The van der Waals surface area contributed by atoms with Crippen molar-refractivity contribution < 1.29 is 9.59 Å². The molecular weight excluding hydrogens is 300 g/mol. The fraction of sp³-hybridized carbons (Fsp3) is 0.600. The fourth-order valence-electron chi connectivity index (χ4n) is 4.10. The first-order valence-corrected chi connectivity index (χ1v) is 9.35. The molecule has 0 unspecified atom stereocenters. The standard InChI is InChI=1S/C20H28N2O2/c1-3-14-8-7-9-15(4-2)19(14)21-20(24)16-12-18(23)22(13-16)17-10-5-6-11-17/h7-9,16-17H,3-6,10-13H2,1-2H3,(H,21,24)/t16-/m1/s1. The summed E-state index contributed by atoms with van der Waals surface area (Å²) in [6.45, 7) is 4.79. The van der Waals surface area contributed by atoms with Crippen LogP contribution in [0.5, 0.6) is 0 Å². The van der Waals surface area contributed by atoms with Gasteiger partial charge in [0.05, 0.1) is 5.92 Å². The van der Waals surface area contributed by atoms with Gasteiger partial charge in [0.15, 0.2) is 0 Å². The number of hydrogen-bond donors (Lipinski definition) is 1. The topological polar surface area (TPSA) is 49.4 Å². The van der Waals surface area contributed by atoms with E-state index in [1.165, 1.54) is 24.0 Å². The number of hydrogen-bond acceptors (Lipinski definition) is 2. The number of aryl methyl sites for hydroxylation is 2. The largest absolute Gasteiger partial charge is 0.339 e. The third kappa shape index (κ3) is 3.33. The van der Waals surface area contributed by atoms with Crippen LogP contribution in [0.25, 0.3) is 0 Å². The van der Waals surface area contributed by atoms with E-state index < -0.39 is 0 Å². The molecule has 24 heavy (non-hydrogen) atoms. The number of benzene rings is 1. The van der Waals surface area contributed by atoms with E-state index in [1.807, 2.05) is 11.0 Å². The highest BCUT2D eigenvalue weighted by Crippen LogP contribution is 2.31. The Kier molecular flexibility index (Phi) is 5.22. The van der Waals surface area contributed by atoms with E-state index in [9.17, 15) is 9.59 Å². The second kappa shape index (κ2) is 7.37. The molecule has 1 aromatic rings. The molecular formula is C20H28N2O2. The maximum absolute atomic E-state index is 12.8. The number of carbonyl (C=O) groups is 2. The molecule has 1 aromatic carbocycles. The van der Waals surface area contributed by atoms with Crippen molar-refractivity contribution in [2.24, 2.45) is 5.92 Å². The molecule has 1 N–H and O–H groups in total. The van der Waals surface area contributed by atoms with Gasteiger partial charge in [0.2, 0.25) is 11.8 Å². The summed E-state index contributed by atoms with van der Waals surface area (Å²) >= 11 is 0. The predicted octanol–water partition coefficient (Wildman–Crippen LogP) is 3.54. The van der Waals surface area contributed by atoms with Crippen LogP contribution in [0.2, 0.25) is 0 Å². The first kappa shape index (κ1) is 17.0. The van der Waals surface area contributed by atoms with Gasteiger partial charge in [-0.1, -0.05) is 44.9 Å². The zero-order valence-electron chi connectivity index (χ0n) is 14.8. The minimum atomic E-state index is -0.215.